The van der Waals surface area contributed by atoms with Crippen molar-refractivity contribution < 1.29 is 23.9 Å². The molecule has 3 heterocycles. The van der Waals surface area contributed by atoms with E-state index >= 15 is 0 Å². The summed E-state index contributed by atoms with van der Waals surface area (Å²) in [6.07, 6.45) is 12.5. The first-order valence-corrected chi connectivity index (χ1v) is 13.9. The van der Waals surface area contributed by atoms with E-state index in [1.165, 1.54) is 6.42 Å². The normalized spacial score (nSPS) is 30.4. The molecule has 2 saturated heterocycles. The van der Waals surface area contributed by atoms with Crippen LogP contribution in [0, 0.1) is 11.8 Å². The molecule has 1 aliphatic carbocycles. The van der Waals surface area contributed by atoms with Crippen LogP contribution in [0.25, 0.3) is 0 Å². The van der Waals surface area contributed by atoms with E-state index in [1.54, 1.807) is 36.3 Å². The number of anilines is 1. The summed E-state index contributed by atoms with van der Waals surface area (Å²) in [5.41, 5.74) is -0.514. The molecule has 3 fully saturated rings. The van der Waals surface area contributed by atoms with Crippen LogP contribution in [0.2, 0.25) is 0 Å². The van der Waals surface area contributed by atoms with E-state index in [0.717, 1.165) is 51.4 Å². The first-order chi connectivity index (χ1) is 18.0. The fourth-order valence-corrected chi connectivity index (χ4v) is 6.67. The SMILES string of the molecule is CCCCCCN1C(=O)[C@H]2[C@H](C(=O)Nc3cccc(OC)c3)[C@H]3C=C[C@@]2(O3)[C@@H]1C(=O)NC1CCCCC1. The molecule has 0 unspecified atom stereocenters. The van der Waals surface area contributed by atoms with Crippen LogP contribution in [0.3, 0.4) is 0 Å². The molecule has 1 spiro atoms. The summed E-state index contributed by atoms with van der Waals surface area (Å²) >= 11 is 0. The molecule has 3 aliphatic heterocycles. The third kappa shape index (κ3) is 4.76. The van der Waals surface area contributed by atoms with Crippen molar-refractivity contribution in [3.63, 3.8) is 0 Å². The summed E-state index contributed by atoms with van der Waals surface area (Å²) in [7, 11) is 1.57. The number of nitrogens with zero attached hydrogens (tertiary/aromatic N) is 1. The van der Waals surface area contributed by atoms with Crippen molar-refractivity contribution in [2.24, 2.45) is 11.8 Å². The lowest BCUT2D eigenvalue weighted by molar-refractivity contribution is -0.141. The Morgan fingerprint density at radius 3 is 2.70 bits per heavy atom. The second-order valence-electron chi connectivity index (χ2n) is 10.9. The van der Waals surface area contributed by atoms with Gasteiger partial charge < -0.3 is 25.0 Å². The quantitative estimate of drug-likeness (QED) is 0.369. The Bertz CT molecular complexity index is 1050. The first kappa shape index (κ1) is 25.8. The highest BCUT2D eigenvalue weighted by molar-refractivity contribution is 6.02. The second-order valence-corrected chi connectivity index (χ2v) is 10.9. The smallest absolute Gasteiger partial charge is 0.246 e. The van der Waals surface area contributed by atoms with Crippen LogP contribution in [0.5, 0.6) is 5.75 Å². The molecule has 2 N–H and O–H groups in total. The van der Waals surface area contributed by atoms with Crippen molar-refractivity contribution in [1.82, 2.24) is 10.2 Å². The average molecular weight is 510 g/mol. The summed E-state index contributed by atoms with van der Waals surface area (Å²) < 4.78 is 11.7. The van der Waals surface area contributed by atoms with Crippen LogP contribution in [0.1, 0.15) is 64.7 Å². The molecule has 1 aromatic carbocycles. The van der Waals surface area contributed by atoms with Crippen LogP contribution in [-0.2, 0) is 19.1 Å². The summed E-state index contributed by atoms with van der Waals surface area (Å²) in [5.74, 6) is -1.37. The third-order valence-electron chi connectivity index (χ3n) is 8.47. The van der Waals surface area contributed by atoms with Crippen molar-refractivity contribution in [2.75, 3.05) is 19.0 Å². The maximum atomic E-state index is 13.9. The number of benzene rings is 1. The number of carbonyl (C=O) groups excluding carboxylic acids is 3. The highest BCUT2D eigenvalue weighted by Crippen LogP contribution is 2.55. The fraction of sp³-hybridized carbons (Fsp3) is 0.621. The molecule has 0 radical (unpaired) electrons. The van der Waals surface area contributed by atoms with E-state index in [4.69, 9.17) is 9.47 Å². The molecule has 5 rings (SSSR count). The van der Waals surface area contributed by atoms with Crippen molar-refractivity contribution in [3.8, 4) is 5.75 Å². The van der Waals surface area contributed by atoms with Gasteiger partial charge in [-0.05, 0) is 31.4 Å². The van der Waals surface area contributed by atoms with E-state index in [2.05, 4.69) is 17.6 Å². The van der Waals surface area contributed by atoms with Crippen molar-refractivity contribution in [1.29, 1.82) is 0 Å². The number of ether oxygens (including phenoxy) is 2. The highest BCUT2D eigenvalue weighted by Gasteiger charge is 2.72. The standard InChI is InChI=1S/C29H39N3O5/c1-3-4-5-9-17-32-25(27(34)30-19-11-7-6-8-12-19)29-16-15-22(37-29)23(24(29)28(32)35)26(33)31-20-13-10-14-21(18-20)36-2/h10,13-16,18-19,22-25H,3-9,11-12,17H2,1-2H3,(H,30,34)(H,31,33)/t22-,23-,24-,25+,29+/m1/s1. The molecule has 1 aromatic rings. The number of hydrogen-bond acceptors (Lipinski definition) is 5. The lowest BCUT2D eigenvalue weighted by Crippen LogP contribution is -2.56. The maximum absolute atomic E-state index is 13.9. The molecule has 4 aliphatic rings. The predicted molar refractivity (Wildman–Crippen MR) is 140 cm³/mol. The Kier molecular flexibility index (Phi) is 7.56. The summed E-state index contributed by atoms with van der Waals surface area (Å²) in [5, 5.41) is 6.19. The number of amides is 3. The third-order valence-corrected chi connectivity index (χ3v) is 8.47. The molecular weight excluding hydrogens is 470 g/mol. The number of fused-ring (bicyclic) bond motifs is 1. The largest absolute Gasteiger partial charge is 0.497 e. The maximum Gasteiger partial charge on any atom is 0.246 e. The van der Waals surface area contributed by atoms with E-state index in [0.29, 0.717) is 18.0 Å². The number of carbonyl (C=O) groups is 3. The zero-order chi connectivity index (χ0) is 26.0. The molecule has 0 aromatic heterocycles. The van der Waals surface area contributed by atoms with Gasteiger partial charge in [0.1, 0.15) is 17.4 Å². The molecular formula is C29H39N3O5. The van der Waals surface area contributed by atoms with Crippen LogP contribution in [0.15, 0.2) is 36.4 Å². The Morgan fingerprint density at radius 2 is 1.95 bits per heavy atom. The van der Waals surface area contributed by atoms with Gasteiger partial charge in [-0.2, -0.15) is 0 Å². The van der Waals surface area contributed by atoms with E-state index in [9.17, 15) is 14.4 Å². The van der Waals surface area contributed by atoms with Crippen molar-refractivity contribution in [3.05, 3.63) is 36.4 Å². The molecule has 8 nitrogen and oxygen atoms in total. The minimum Gasteiger partial charge on any atom is -0.497 e. The summed E-state index contributed by atoms with van der Waals surface area (Å²) in [6.45, 7) is 2.64. The zero-order valence-electron chi connectivity index (χ0n) is 21.9. The first-order valence-electron chi connectivity index (χ1n) is 13.9. The van der Waals surface area contributed by atoms with Crippen LogP contribution < -0.4 is 15.4 Å². The number of rotatable bonds is 10. The van der Waals surface area contributed by atoms with Crippen LogP contribution in [0.4, 0.5) is 5.69 Å². The van der Waals surface area contributed by atoms with Gasteiger partial charge in [0.2, 0.25) is 17.7 Å². The monoisotopic (exact) mass is 509 g/mol. The van der Waals surface area contributed by atoms with Crippen molar-refractivity contribution >= 4 is 23.4 Å². The van der Waals surface area contributed by atoms with Crippen molar-refractivity contribution in [2.45, 2.75) is 88.5 Å². The van der Waals surface area contributed by atoms with Gasteiger partial charge in [0.15, 0.2) is 0 Å². The minimum absolute atomic E-state index is 0.128. The molecule has 37 heavy (non-hydrogen) atoms. The Hall–Kier alpha value is -2.87. The van der Waals surface area contributed by atoms with Crippen LogP contribution in [-0.4, -0.2) is 60.1 Å². The minimum atomic E-state index is -1.11. The molecule has 1 saturated carbocycles. The van der Waals surface area contributed by atoms with E-state index in [1.807, 2.05) is 12.2 Å². The van der Waals surface area contributed by atoms with Crippen LogP contribution >= 0.6 is 0 Å². The average Bonchev–Trinajstić information content (AvgIpc) is 3.54. The molecule has 5 atom stereocenters. The Balaban J connectivity index is 1.40. The van der Waals surface area contributed by atoms with Gasteiger partial charge >= 0.3 is 0 Å². The predicted octanol–water partition coefficient (Wildman–Crippen LogP) is 3.81. The topological polar surface area (TPSA) is 97.0 Å². The lowest BCUT2D eigenvalue weighted by Gasteiger charge is -2.34. The van der Waals surface area contributed by atoms with Gasteiger partial charge in [-0.15, -0.1) is 0 Å². The van der Waals surface area contributed by atoms with Gasteiger partial charge in [0.05, 0.1) is 25.0 Å². The van der Waals surface area contributed by atoms with Gasteiger partial charge in [0.25, 0.3) is 0 Å². The van der Waals surface area contributed by atoms with Gasteiger partial charge in [0, 0.05) is 24.3 Å². The van der Waals surface area contributed by atoms with Gasteiger partial charge in [-0.3, -0.25) is 14.4 Å². The van der Waals surface area contributed by atoms with E-state index < -0.39 is 29.6 Å². The molecule has 3 amide bonds. The molecule has 200 valence electrons. The highest BCUT2D eigenvalue weighted by atomic mass is 16.5. The zero-order valence-corrected chi connectivity index (χ0v) is 21.9. The number of nitrogens with one attached hydrogen (secondary N) is 2. The summed E-state index contributed by atoms with van der Waals surface area (Å²) in [6, 6.07) is 6.51. The number of likely N-dealkylation sites (tertiary alicyclic amines) is 1. The van der Waals surface area contributed by atoms with Gasteiger partial charge in [-0.25, -0.2) is 0 Å². The number of methoxy groups -OCH3 is 1. The van der Waals surface area contributed by atoms with E-state index in [-0.39, 0.29) is 23.8 Å². The Labute approximate surface area is 219 Å². The Morgan fingerprint density at radius 1 is 1.14 bits per heavy atom. The fourth-order valence-electron chi connectivity index (χ4n) is 6.67. The summed E-state index contributed by atoms with van der Waals surface area (Å²) in [4.78, 5) is 43.0. The molecule has 2 bridgehead atoms. The number of hydrogen-bond donors (Lipinski definition) is 2. The lowest BCUT2D eigenvalue weighted by atomic mass is 9.74. The molecule has 8 heteroatoms. The number of unbranched alkanes of at least 4 members (excludes halogenated alkanes) is 3. The second kappa shape index (κ2) is 10.9. The van der Waals surface area contributed by atoms with Gasteiger partial charge in [-0.1, -0.05) is 63.7 Å².